The molecule has 39 heavy (non-hydrogen) atoms. The normalized spacial score (nSPS) is 18.6. The number of hydrogen-bond acceptors (Lipinski definition) is 11. The molecule has 0 aliphatic carbocycles. The Morgan fingerprint density at radius 1 is 0.487 bits per heavy atom. The molecule has 0 N–H and O–H groups in total. The van der Waals surface area contributed by atoms with Gasteiger partial charge >= 0.3 is 17.9 Å². The zero-order valence-corrected chi connectivity index (χ0v) is 26.1. The SMILES string of the molecule is COCN1CCN(CC(=O)OC(C)(C)C)CCN(CC(=O)OC(C)(C)C)CCN(CC(=O)OC(C)(C)C)CC1. The minimum atomic E-state index is -0.583. The van der Waals surface area contributed by atoms with Gasteiger partial charge in [-0.15, -0.1) is 0 Å². The van der Waals surface area contributed by atoms with Crippen molar-refractivity contribution in [3.05, 3.63) is 0 Å². The highest BCUT2D eigenvalue weighted by Crippen LogP contribution is 2.11. The molecule has 11 heteroatoms. The lowest BCUT2D eigenvalue weighted by molar-refractivity contribution is -0.158. The van der Waals surface area contributed by atoms with Crippen LogP contribution in [0.1, 0.15) is 62.3 Å². The Morgan fingerprint density at radius 2 is 0.718 bits per heavy atom. The molecule has 11 nitrogen and oxygen atoms in total. The largest absolute Gasteiger partial charge is 0.459 e. The van der Waals surface area contributed by atoms with Crippen LogP contribution in [0.5, 0.6) is 0 Å². The average molecular weight is 559 g/mol. The van der Waals surface area contributed by atoms with Crippen LogP contribution in [0, 0.1) is 0 Å². The van der Waals surface area contributed by atoms with Crippen LogP contribution in [0.3, 0.4) is 0 Å². The van der Waals surface area contributed by atoms with Crippen LogP contribution in [-0.4, -0.2) is 140 Å². The van der Waals surface area contributed by atoms with Crippen LogP contribution in [0.2, 0.25) is 0 Å². The van der Waals surface area contributed by atoms with Gasteiger partial charge in [-0.3, -0.25) is 34.0 Å². The van der Waals surface area contributed by atoms with Crippen molar-refractivity contribution in [1.82, 2.24) is 19.6 Å². The molecule has 0 saturated carbocycles. The van der Waals surface area contributed by atoms with Gasteiger partial charge < -0.3 is 18.9 Å². The molecule has 0 aromatic heterocycles. The Kier molecular flexibility index (Phi) is 14.3. The molecule has 0 unspecified atom stereocenters. The minimum absolute atomic E-state index is 0.119. The summed E-state index contributed by atoms with van der Waals surface area (Å²) in [5, 5.41) is 0. The summed E-state index contributed by atoms with van der Waals surface area (Å²) < 4.78 is 22.1. The number of rotatable bonds is 8. The maximum Gasteiger partial charge on any atom is 0.320 e. The highest BCUT2D eigenvalue weighted by Gasteiger charge is 2.25. The first kappa shape index (κ1) is 35.2. The van der Waals surface area contributed by atoms with Gasteiger partial charge in [0, 0.05) is 59.5 Å². The summed E-state index contributed by atoms with van der Waals surface area (Å²) in [5.41, 5.74) is -1.71. The van der Waals surface area contributed by atoms with E-state index in [9.17, 15) is 14.4 Å². The van der Waals surface area contributed by atoms with Crippen LogP contribution in [0.15, 0.2) is 0 Å². The number of esters is 3. The van der Waals surface area contributed by atoms with E-state index < -0.39 is 16.8 Å². The second-order valence-corrected chi connectivity index (χ2v) is 13.1. The molecule has 1 rings (SSSR count). The van der Waals surface area contributed by atoms with E-state index in [4.69, 9.17) is 18.9 Å². The van der Waals surface area contributed by atoms with Crippen molar-refractivity contribution in [2.75, 3.05) is 85.8 Å². The number of ether oxygens (including phenoxy) is 4. The maximum atomic E-state index is 12.7. The van der Waals surface area contributed by atoms with E-state index in [-0.39, 0.29) is 37.5 Å². The summed E-state index contributed by atoms with van der Waals surface area (Å²) in [4.78, 5) is 46.2. The molecule has 1 fully saturated rings. The molecule has 0 radical (unpaired) electrons. The Morgan fingerprint density at radius 3 is 0.923 bits per heavy atom. The predicted molar refractivity (Wildman–Crippen MR) is 150 cm³/mol. The van der Waals surface area contributed by atoms with E-state index in [1.807, 2.05) is 67.2 Å². The van der Waals surface area contributed by atoms with Crippen molar-refractivity contribution in [3.8, 4) is 0 Å². The van der Waals surface area contributed by atoms with Crippen LogP contribution in [0.25, 0.3) is 0 Å². The number of carbonyl (C=O) groups excluding carboxylic acids is 3. The van der Waals surface area contributed by atoms with Crippen LogP contribution in [-0.2, 0) is 33.3 Å². The predicted octanol–water partition coefficient (Wildman–Crippen LogP) is 1.84. The maximum absolute atomic E-state index is 12.7. The second-order valence-electron chi connectivity index (χ2n) is 13.1. The smallest absolute Gasteiger partial charge is 0.320 e. The quantitative estimate of drug-likeness (QED) is 0.322. The minimum Gasteiger partial charge on any atom is -0.459 e. The van der Waals surface area contributed by atoms with Gasteiger partial charge in [0.2, 0.25) is 0 Å². The molecule has 1 aliphatic heterocycles. The Bertz CT molecular complexity index is 725. The van der Waals surface area contributed by atoms with E-state index in [0.29, 0.717) is 59.1 Å². The van der Waals surface area contributed by atoms with Gasteiger partial charge in [0.25, 0.3) is 0 Å². The molecule has 0 atom stereocenters. The van der Waals surface area contributed by atoms with Crippen molar-refractivity contribution in [1.29, 1.82) is 0 Å². The third-order valence-corrected chi connectivity index (χ3v) is 5.56. The van der Waals surface area contributed by atoms with Crippen LogP contribution >= 0.6 is 0 Å². The molecule has 0 amide bonds. The van der Waals surface area contributed by atoms with Gasteiger partial charge in [0.05, 0.1) is 26.4 Å². The van der Waals surface area contributed by atoms with Crippen molar-refractivity contribution in [2.45, 2.75) is 79.1 Å². The topological polar surface area (TPSA) is 101 Å². The van der Waals surface area contributed by atoms with Crippen LogP contribution < -0.4 is 0 Å². The van der Waals surface area contributed by atoms with E-state index in [1.165, 1.54) is 0 Å². The van der Waals surface area contributed by atoms with Gasteiger partial charge in [-0.1, -0.05) is 0 Å². The van der Waals surface area contributed by atoms with Crippen LogP contribution in [0.4, 0.5) is 0 Å². The first-order valence-electron chi connectivity index (χ1n) is 13.9. The summed E-state index contributed by atoms with van der Waals surface area (Å²) >= 11 is 0. The van der Waals surface area contributed by atoms with Crippen molar-refractivity contribution < 1.29 is 33.3 Å². The number of methoxy groups -OCH3 is 1. The summed E-state index contributed by atoms with van der Waals surface area (Å²) in [6, 6.07) is 0. The highest BCUT2D eigenvalue weighted by atomic mass is 16.6. The summed E-state index contributed by atoms with van der Waals surface area (Å²) in [6.07, 6.45) is 0. The molecule has 0 aromatic carbocycles. The van der Waals surface area contributed by atoms with Gasteiger partial charge in [-0.2, -0.15) is 0 Å². The monoisotopic (exact) mass is 558 g/mol. The lowest BCUT2D eigenvalue weighted by Crippen LogP contribution is -2.49. The number of nitrogens with zero attached hydrogens (tertiary/aromatic N) is 4. The Labute approximate surface area is 236 Å². The molecule has 1 heterocycles. The molecule has 0 spiro atoms. The third-order valence-electron chi connectivity index (χ3n) is 5.56. The lowest BCUT2D eigenvalue weighted by atomic mass is 10.2. The zero-order valence-electron chi connectivity index (χ0n) is 26.1. The van der Waals surface area contributed by atoms with Gasteiger partial charge in [-0.05, 0) is 62.3 Å². The fraction of sp³-hybridized carbons (Fsp3) is 0.893. The van der Waals surface area contributed by atoms with E-state index >= 15 is 0 Å². The Hall–Kier alpha value is -1.79. The first-order valence-corrected chi connectivity index (χ1v) is 13.9. The molecular weight excluding hydrogens is 504 g/mol. The van der Waals surface area contributed by atoms with Crippen molar-refractivity contribution >= 4 is 17.9 Å². The van der Waals surface area contributed by atoms with Gasteiger partial charge in [0.15, 0.2) is 0 Å². The van der Waals surface area contributed by atoms with E-state index in [1.54, 1.807) is 7.11 Å². The fourth-order valence-corrected chi connectivity index (χ4v) is 4.03. The van der Waals surface area contributed by atoms with E-state index in [0.717, 1.165) is 0 Å². The molecular formula is C28H54N4O7. The van der Waals surface area contributed by atoms with Gasteiger partial charge in [-0.25, -0.2) is 0 Å². The zero-order chi connectivity index (χ0) is 29.9. The Balaban J connectivity index is 3.07. The number of hydrogen-bond donors (Lipinski definition) is 0. The highest BCUT2D eigenvalue weighted by molar-refractivity contribution is 5.73. The molecule has 228 valence electrons. The molecule has 0 aromatic rings. The van der Waals surface area contributed by atoms with Crippen molar-refractivity contribution in [2.24, 2.45) is 0 Å². The summed E-state index contributed by atoms with van der Waals surface area (Å²) in [5.74, 6) is -0.872. The lowest BCUT2D eigenvalue weighted by Gasteiger charge is -2.34. The second kappa shape index (κ2) is 15.9. The molecule has 0 bridgehead atoms. The number of carbonyl (C=O) groups is 3. The first-order chi connectivity index (χ1) is 17.8. The average Bonchev–Trinajstić information content (AvgIpc) is 2.71. The van der Waals surface area contributed by atoms with E-state index in [2.05, 4.69) is 14.7 Å². The summed E-state index contributed by atoms with van der Waals surface area (Å²) in [6.45, 7) is 22.3. The van der Waals surface area contributed by atoms with Crippen molar-refractivity contribution in [3.63, 3.8) is 0 Å². The third kappa shape index (κ3) is 18.2. The molecule has 1 saturated heterocycles. The summed E-state index contributed by atoms with van der Waals surface area (Å²) in [7, 11) is 1.65. The van der Waals surface area contributed by atoms with Gasteiger partial charge in [0.1, 0.15) is 16.8 Å². The molecule has 1 aliphatic rings. The standard InChI is InChI=1S/C28H54N4O7/c1-26(2,3)37-23(33)19-29-11-13-30(20-24(34)38-27(4,5)6)15-17-32(22-36-10)18-16-31(14-12-29)21-25(35)39-28(7,8)9/h11-22H2,1-10H3. The fourth-order valence-electron chi connectivity index (χ4n) is 4.03.